The molecule has 1 amide bonds. The summed E-state index contributed by atoms with van der Waals surface area (Å²) in [6.07, 6.45) is 0.925. The fourth-order valence-corrected chi connectivity index (χ4v) is 2.83. The first kappa shape index (κ1) is 18.2. The molecule has 3 N–H and O–H groups in total. The average molecular weight is 387 g/mol. The number of hydrogen-bond donors (Lipinski definition) is 2. The van der Waals surface area contributed by atoms with Crippen LogP contribution < -0.4 is 10.6 Å². The molecule has 0 aromatic heterocycles. The molecule has 124 valence electrons. The third kappa shape index (κ3) is 4.67. The van der Waals surface area contributed by atoms with Crippen LogP contribution in [0, 0.1) is 11.3 Å². The molecule has 2 aromatic rings. The highest BCUT2D eigenvalue weighted by Crippen LogP contribution is 2.17. The summed E-state index contributed by atoms with van der Waals surface area (Å²) in [4.78, 5) is 12.5. The lowest BCUT2D eigenvalue weighted by atomic mass is 10.0. The third-order valence-electron chi connectivity index (χ3n) is 3.98. The van der Waals surface area contributed by atoms with Crippen LogP contribution in [0.5, 0.6) is 0 Å². The Kier molecular flexibility index (Phi) is 6.53. The SMILES string of the molecule is CC[C@H]([NH2+][C@@H](C)C(=O)Nc1ccccc1C#N)c1ccc(Br)cc1. The summed E-state index contributed by atoms with van der Waals surface area (Å²) in [5, 5.41) is 14.0. The Hall–Kier alpha value is -2.16. The number of halogens is 1. The number of hydrogen-bond acceptors (Lipinski definition) is 2. The molecule has 2 rings (SSSR count). The zero-order chi connectivity index (χ0) is 17.5. The highest BCUT2D eigenvalue weighted by molar-refractivity contribution is 9.10. The lowest BCUT2D eigenvalue weighted by molar-refractivity contribution is -0.713. The Morgan fingerprint density at radius 2 is 1.92 bits per heavy atom. The van der Waals surface area contributed by atoms with Crippen LogP contribution in [0.15, 0.2) is 53.0 Å². The Balaban J connectivity index is 2.04. The van der Waals surface area contributed by atoms with Gasteiger partial charge in [-0.2, -0.15) is 5.26 Å². The van der Waals surface area contributed by atoms with Crippen molar-refractivity contribution in [2.45, 2.75) is 32.4 Å². The van der Waals surface area contributed by atoms with Crippen LogP contribution in [-0.4, -0.2) is 11.9 Å². The quantitative estimate of drug-likeness (QED) is 0.798. The zero-order valence-corrected chi connectivity index (χ0v) is 15.4. The van der Waals surface area contributed by atoms with E-state index in [1.807, 2.05) is 25.1 Å². The Morgan fingerprint density at radius 1 is 1.25 bits per heavy atom. The van der Waals surface area contributed by atoms with Crippen LogP contribution in [-0.2, 0) is 4.79 Å². The van der Waals surface area contributed by atoms with Crippen LogP contribution in [0.2, 0.25) is 0 Å². The van der Waals surface area contributed by atoms with Gasteiger partial charge in [0.25, 0.3) is 5.91 Å². The van der Waals surface area contributed by atoms with Crippen molar-refractivity contribution < 1.29 is 10.1 Å². The number of amides is 1. The molecule has 0 aliphatic rings. The van der Waals surface area contributed by atoms with E-state index < -0.39 is 0 Å². The zero-order valence-electron chi connectivity index (χ0n) is 13.8. The second kappa shape index (κ2) is 8.62. The van der Waals surface area contributed by atoms with Crippen molar-refractivity contribution in [1.29, 1.82) is 5.26 Å². The number of para-hydroxylation sites is 1. The molecule has 0 radical (unpaired) electrons. The van der Waals surface area contributed by atoms with Gasteiger partial charge in [0.15, 0.2) is 6.04 Å². The fraction of sp³-hybridized carbons (Fsp3) is 0.263. The summed E-state index contributed by atoms with van der Waals surface area (Å²) < 4.78 is 1.04. The van der Waals surface area contributed by atoms with Gasteiger partial charge in [0.1, 0.15) is 12.1 Å². The number of nitriles is 1. The number of anilines is 1. The van der Waals surface area contributed by atoms with E-state index in [4.69, 9.17) is 5.26 Å². The predicted molar refractivity (Wildman–Crippen MR) is 98.3 cm³/mol. The predicted octanol–water partition coefficient (Wildman–Crippen LogP) is 3.36. The molecular weight excluding hydrogens is 366 g/mol. The molecule has 0 aliphatic carbocycles. The molecule has 0 fully saturated rings. The minimum atomic E-state index is -0.259. The van der Waals surface area contributed by atoms with Crippen molar-refractivity contribution in [1.82, 2.24) is 0 Å². The maximum atomic E-state index is 12.5. The number of nitrogens with two attached hydrogens (primary N) is 1. The van der Waals surface area contributed by atoms with Crippen LogP contribution in [0.3, 0.4) is 0 Å². The molecule has 5 heteroatoms. The molecule has 2 atom stereocenters. The Labute approximate surface area is 151 Å². The van der Waals surface area contributed by atoms with Gasteiger partial charge >= 0.3 is 0 Å². The largest absolute Gasteiger partial charge is 0.330 e. The van der Waals surface area contributed by atoms with Gasteiger partial charge in [0, 0.05) is 16.5 Å². The van der Waals surface area contributed by atoms with Crippen molar-refractivity contribution in [2.24, 2.45) is 0 Å². The van der Waals surface area contributed by atoms with E-state index in [1.165, 1.54) is 5.56 Å². The minimum Gasteiger partial charge on any atom is -0.330 e. The molecule has 2 aromatic carbocycles. The van der Waals surface area contributed by atoms with E-state index in [0.29, 0.717) is 11.3 Å². The smallest absolute Gasteiger partial charge is 0.282 e. The van der Waals surface area contributed by atoms with Crippen LogP contribution in [0.4, 0.5) is 5.69 Å². The topological polar surface area (TPSA) is 69.5 Å². The molecule has 0 bridgehead atoms. The number of carbonyl (C=O) groups excluding carboxylic acids is 1. The van der Waals surface area contributed by atoms with E-state index >= 15 is 0 Å². The minimum absolute atomic E-state index is 0.103. The molecule has 0 spiro atoms. The molecule has 0 heterocycles. The molecule has 0 aliphatic heterocycles. The summed E-state index contributed by atoms with van der Waals surface area (Å²) in [5.74, 6) is -0.103. The Morgan fingerprint density at radius 3 is 2.54 bits per heavy atom. The van der Waals surface area contributed by atoms with Gasteiger partial charge in [0.05, 0.1) is 11.3 Å². The van der Waals surface area contributed by atoms with Crippen LogP contribution in [0.25, 0.3) is 0 Å². The van der Waals surface area contributed by atoms with E-state index in [-0.39, 0.29) is 18.0 Å². The lowest BCUT2D eigenvalue weighted by Crippen LogP contribution is -2.92. The third-order valence-corrected chi connectivity index (χ3v) is 4.51. The summed E-state index contributed by atoms with van der Waals surface area (Å²) >= 11 is 3.44. The standard InChI is InChI=1S/C19H20BrN3O/c1-3-17(14-8-10-16(20)11-9-14)22-13(2)19(24)23-18-7-5-4-6-15(18)12-21/h4-11,13,17,22H,3H2,1-2H3,(H,23,24)/p+1/t13-,17-/m0/s1. The first-order valence-electron chi connectivity index (χ1n) is 7.95. The van der Waals surface area contributed by atoms with Crippen molar-refractivity contribution in [3.8, 4) is 6.07 Å². The Bertz CT molecular complexity index is 737. The second-order valence-electron chi connectivity index (χ2n) is 5.69. The van der Waals surface area contributed by atoms with Crippen LogP contribution >= 0.6 is 15.9 Å². The number of rotatable bonds is 6. The maximum Gasteiger partial charge on any atom is 0.282 e. The van der Waals surface area contributed by atoms with Gasteiger partial charge in [-0.15, -0.1) is 0 Å². The number of nitrogens with zero attached hydrogens (tertiary/aromatic N) is 1. The van der Waals surface area contributed by atoms with E-state index in [0.717, 1.165) is 10.9 Å². The van der Waals surface area contributed by atoms with Crippen molar-refractivity contribution in [3.05, 3.63) is 64.1 Å². The average Bonchev–Trinajstić information content (AvgIpc) is 2.60. The molecule has 0 unspecified atom stereocenters. The van der Waals surface area contributed by atoms with Crippen molar-refractivity contribution >= 4 is 27.5 Å². The highest BCUT2D eigenvalue weighted by atomic mass is 79.9. The van der Waals surface area contributed by atoms with Crippen molar-refractivity contribution in [2.75, 3.05) is 5.32 Å². The van der Waals surface area contributed by atoms with Gasteiger partial charge in [-0.3, -0.25) is 4.79 Å². The van der Waals surface area contributed by atoms with E-state index in [2.05, 4.69) is 51.7 Å². The van der Waals surface area contributed by atoms with Gasteiger partial charge in [-0.25, -0.2) is 0 Å². The normalized spacial score (nSPS) is 12.9. The van der Waals surface area contributed by atoms with Gasteiger partial charge in [-0.1, -0.05) is 47.1 Å². The molecule has 0 saturated carbocycles. The van der Waals surface area contributed by atoms with Gasteiger partial charge in [-0.05, 0) is 31.2 Å². The monoisotopic (exact) mass is 386 g/mol. The van der Waals surface area contributed by atoms with E-state index in [1.54, 1.807) is 18.2 Å². The van der Waals surface area contributed by atoms with Gasteiger partial charge in [0.2, 0.25) is 0 Å². The molecule has 0 saturated heterocycles. The second-order valence-corrected chi connectivity index (χ2v) is 6.61. The number of carbonyl (C=O) groups is 1. The first-order chi connectivity index (χ1) is 11.5. The summed E-state index contributed by atoms with van der Waals surface area (Å²) in [6, 6.07) is 17.3. The number of benzene rings is 2. The van der Waals surface area contributed by atoms with E-state index in [9.17, 15) is 4.79 Å². The first-order valence-corrected chi connectivity index (χ1v) is 8.75. The van der Waals surface area contributed by atoms with Crippen molar-refractivity contribution in [3.63, 3.8) is 0 Å². The highest BCUT2D eigenvalue weighted by Gasteiger charge is 2.22. The number of quaternary nitrogens is 1. The summed E-state index contributed by atoms with van der Waals surface area (Å²) in [5.41, 5.74) is 2.22. The molecular formula is C19H21BrN3O+. The molecule has 4 nitrogen and oxygen atoms in total. The maximum absolute atomic E-state index is 12.5. The summed E-state index contributed by atoms with van der Waals surface area (Å²) in [6.45, 7) is 3.99. The number of nitrogens with one attached hydrogen (secondary N) is 1. The fourth-order valence-electron chi connectivity index (χ4n) is 2.56. The lowest BCUT2D eigenvalue weighted by Gasteiger charge is -2.19. The van der Waals surface area contributed by atoms with Gasteiger partial charge < -0.3 is 10.6 Å². The molecule has 24 heavy (non-hydrogen) atoms. The summed E-state index contributed by atoms with van der Waals surface area (Å²) in [7, 11) is 0. The van der Waals surface area contributed by atoms with Crippen LogP contribution in [0.1, 0.15) is 37.4 Å².